The van der Waals surface area contributed by atoms with Gasteiger partial charge in [0.15, 0.2) is 6.29 Å². The number of nitrogens with one attached hydrogen (secondary N) is 1. The van der Waals surface area contributed by atoms with Crippen molar-refractivity contribution in [1.82, 2.24) is 5.32 Å². The van der Waals surface area contributed by atoms with Crippen molar-refractivity contribution >= 4 is 5.91 Å². The van der Waals surface area contributed by atoms with Crippen LogP contribution in [0.2, 0.25) is 0 Å². The second-order valence-corrected chi connectivity index (χ2v) is 18.4. The van der Waals surface area contributed by atoms with E-state index >= 15 is 0 Å². The molecule has 0 aliphatic carbocycles. The highest BCUT2D eigenvalue weighted by Gasteiger charge is 2.44. The van der Waals surface area contributed by atoms with Gasteiger partial charge in [-0.2, -0.15) is 0 Å². The summed E-state index contributed by atoms with van der Waals surface area (Å²) in [6, 6.07) is -0.999. The lowest BCUT2D eigenvalue weighted by Gasteiger charge is -2.40. The minimum absolute atomic E-state index is 0.297. The van der Waals surface area contributed by atoms with Gasteiger partial charge in [0.25, 0.3) is 0 Å². The fourth-order valence-corrected chi connectivity index (χ4v) is 8.23. The molecule has 1 aliphatic heterocycles. The Labute approximate surface area is 385 Å². The van der Waals surface area contributed by atoms with Crippen molar-refractivity contribution in [2.75, 3.05) is 13.2 Å². The molecule has 10 nitrogen and oxygen atoms in total. The topological polar surface area (TPSA) is 169 Å². The molecular weight excluding hydrogens is 795 g/mol. The Bertz CT molecular complexity index is 1100. The Kier molecular flexibility index (Phi) is 40.5. The summed E-state index contributed by atoms with van der Waals surface area (Å²) in [7, 11) is 0. The number of rotatable bonds is 44. The standard InChI is InChI=1S/C53H99NO9/c1-3-5-7-9-11-13-15-17-19-21-22-23-24-25-26-28-30-32-34-36-38-40-42-47(57)52(61)54-45(44-62-53-51(60)50(59)49(58)48(43-55)63-53)46(56)41-39-37-35-33-31-29-27-20-18-16-14-12-10-8-6-4-2/h25-26,31,33,39,41,45-51,53,55-60H,3-24,27-30,32,34-38,40,42-44H2,1-2H3,(H,54,61)/b26-25-,33-31+,41-39+. The molecule has 8 unspecified atom stereocenters. The zero-order valence-electron chi connectivity index (χ0n) is 40.4. The maximum absolute atomic E-state index is 13.1. The lowest BCUT2D eigenvalue weighted by molar-refractivity contribution is -0.302. The van der Waals surface area contributed by atoms with Gasteiger partial charge >= 0.3 is 0 Å². The summed E-state index contributed by atoms with van der Waals surface area (Å²) in [5, 5.41) is 64.8. The second-order valence-electron chi connectivity index (χ2n) is 18.4. The molecule has 1 amide bonds. The number of ether oxygens (including phenoxy) is 2. The number of hydrogen-bond donors (Lipinski definition) is 7. The smallest absolute Gasteiger partial charge is 0.249 e. The summed E-state index contributed by atoms with van der Waals surface area (Å²) in [5.74, 6) is -0.630. The van der Waals surface area contributed by atoms with Gasteiger partial charge in [-0.25, -0.2) is 0 Å². The first-order valence-electron chi connectivity index (χ1n) is 26.3. The van der Waals surface area contributed by atoms with Crippen LogP contribution in [0.25, 0.3) is 0 Å². The molecule has 7 N–H and O–H groups in total. The molecule has 0 aromatic rings. The third-order valence-electron chi connectivity index (χ3n) is 12.5. The molecular formula is C53H99NO9. The predicted octanol–water partition coefficient (Wildman–Crippen LogP) is 11.0. The van der Waals surface area contributed by atoms with Crippen LogP contribution >= 0.6 is 0 Å². The summed E-state index contributed by atoms with van der Waals surface area (Å²) in [6.45, 7) is 3.60. The highest BCUT2D eigenvalue weighted by atomic mass is 16.7. The maximum Gasteiger partial charge on any atom is 0.249 e. The third-order valence-corrected chi connectivity index (χ3v) is 12.5. The normalized spacial score (nSPS) is 20.9. The largest absolute Gasteiger partial charge is 0.394 e. The van der Waals surface area contributed by atoms with Crippen LogP contribution in [0.1, 0.15) is 232 Å². The fraction of sp³-hybridized carbons (Fsp3) is 0.868. The van der Waals surface area contributed by atoms with Crippen LogP contribution in [0, 0.1) is 0 Å². The molecule has 1 aliphatic rings. The van der Waals surface area contributed by atoms with Crippen molar-refractivity contribution in [3.8, 4) is 0 Å². The molecule has 0 radical (unpaired) electrons. The van der Waals surface area contributed by atoms with Gasteiger partial charge in [-0.1, -0.05) is 211 Å². The van der Waals surface area contributed by atoms with E-state index in [-0.39, 0.29) is 6.61 Å². The Morgan fingerprint density at radius 3 is 1.38 bits per heavy atom. The van der Waals surface area contributed by atoms with E-state index < -0.39 is 61.5 Å². The number of hydrogen-bond acceptors (Lipinski definition) is 9. The van der Waals surface area contributed by atoms with Gasteiger partial charge in [0, 0.05) is 0 Å². The van der Waals surface area contributed by atoms with Gasteiger partial charge in [0.1, 0.15) is 30.5 Å². The summed E-state index contributed by atoms with van der Waals surface area (Å²) in [4.78, 5) is 13.1. The average Bonchev–Trinajstić information content (AvgIpc) is 3.28. The molecule has 8 atom stereocenters. The molecule has 1 rings (SSSR count). The van der Waals surface area contributed by atoms with Crippen molar-refractivity contribution in [3.05, 3.63) is 36.5 Å². The van der Waals surface area contributed by atoms with E-state index in [0.29, 0.717) is 19.3 Å². The van der Waals surface area contributed by atoms with E-state index in [1.165, 1.54) is 161 Å². The van der Waals surface area contributed by atoms with Gasteiger partial charge in [0.05, 0.1) is 25.4 Å². The SMILES string of the molecule is CCCCCCCCCCCC/C=C/CC/C=C/C(O)C(COC1OC(CO)C(O)C(O)C1O)NC(=O)C(O)CCCCCCCC/C=C\CCCCCCCCCCCCCC. The first kappa shape index (κ1) is 59.4. The van der Waals surface area contributed by atoms with Crippen LogP contribution in [-0.4, -0.2) is 98.7 Å². The predicted molar refractivity (Wildman–Crippen MR) is 259 cm³/mol. The molecule has 0 bridgehead atoms. The zero-order chi connectivity index (χ0) is 46.0. The molecule has 1 fully saturated rings. The molecule has 0 aromatic heterocycles. The van der Waals surface area contributed by atoms with E-state index in [1.807, 2.05) is 6.08 Å². The quantitative estimate of drug-likeness (QED) is 0.0232. The number of amides is 1. The van der Waals surface area contributed by atoms with E-state index in [2.05, 4.69) is 43.5 Å². The minimum Gasteiger partial charge on any atom is -0.394 e. The van der Waals surface area contributed by atoms with Crippen LogP contribution < -0.4 is 5.32 Å². The number of carbonyl (C=O) groups excluding carboxylic acids is 1. The van der Waals surface area contributed by atoms with Gasteiger partial charge in [0.2, 0.25) is 5.91 Å². The zero-order valence-corrected chi connectivity index (χ0v) is 40.4. The fourth-order valence-electron chi connectivity index (χ4n) is 8.23. The highest BCUT2D eigenvalue weighted by molar-refractivity contribution is 5.80. The second kappa shape index (κ2) is 43.0. The lowest BCUT2D eigenvalue weighted by atomic mass is 9.99. The summed E-state index contributed by atoms with van der Waals surface area (Å²) in [6.07, 6.45) is 43.8. The first-order chi connectivity index (χ1) is 30.8. The number of aliphatic hydroxyl groups is 6. The molecule has 370 valence electrons. The van der Waals surface area contributed by atoms with Crippen LogP contribution in [0.5, 0.6) is 0 Å². The number of allylic oxidation sites excluding steroid dienone is 5. The molecule has 10 heteroatoms. The summed E-state index contributed by atoms with van der Waals surface area (Å²) < 4.78 is 11.1. The molecule has 0 spiro atoms. The molecule has 1 heterocycles. The summed E-state index contributed by atoms with van der Waals surface area (Å²) in [5.41, 5.74) is 0. The van der Waals surface area contributed by atoms with Crippen molar-refractivity contribution in [3.63, 3.8) is 0 Å². The van der Waals surface area contributed by atoms with E-state index in [4.69, 9.17) is 9.47 Å². The lowest BCUT2D eigenvalue weighted by Crippen LogP contribution is -2.60. The van der Waals surface area contributed by atoms with Crippen molar-refractivity contribution in [1.29, 1.82) is 0 Å². The Hall–Kier alpha value is -1.63. The Morgan fingerprint density at radius 1 is 0.540 bits per heavy atom. The van der Waals surface area contributed by atoms with Crippen molar-refractivity contribution in [2.24, 2.45) is 0 Å². The molecule has 0 aromatic carbocycles. The highest BCUT2D eigenvalue weighted by Crippen LogP contribution is 2.23. The number of unbranched alkanes of at least 4 members (excludes halogenated alkanes) is 29. The van der Waals surface area contributed by atoms with Gasteiger partial charge in [-0.15, -0.1) is 0 Å². The maximum atomic E-state index is 13.1. The Morgan fingerprint density at radius 2 is 0.937 bits per heavy atom. The summed E-state index contributed by atoms with van der Waals surface area (Å²) >= 11 is 0. The van der Waals surface area contributed by atoms with Crippen molar-refractivity contribution < 1.29 is 44.9 Å². The van der Waals surface area contributed by atoms with Gasteiger partial charge < -0.3 is 45.4 Å². The van der Waals surface area contributed by atoms with Crippen molar-refractivity contribution in [2.45, 2.75) is 281 Å². The monoisotopic (exact) mass is 894 g/mol. The Balaban J connectivity index is 2.35. The molecule has 0 saturated carbocycles. The minimum atomic E-state index is -1.62. The van der Waals surface area contributed by atoms with Gasteiger partial charge in [-0.05, 0) is 57.8 Å². The average molecular weight is 894 g/mol. The number of carbonyl (C=O) groups is 1. The first-order valence-corrected chi connectivity index (χ1v) is 26.3. The molecule has 1 saturated heterocycles. The molecule has 63 heavy (non-hydrogen) atoms. The van der Waals surface area contributed by atoms with Crippen LogP contribution in [-0.2, 0) is 14.3 Å². The third kappa shape index (κ3) is 32.7. The number of aliphatic hydroxyl groups excluding tert-OH is 6. The van der Waals surface area contributed by atoms with E-state index in [9.17, 15) is 35.4 Å². The van der Waals surface area contributed by atoms with Crippen LogP contribution in [0.3, 0.4) is 0 Å². The van der Waals surface area contributed by atoms with E-state index in [0.717, 1.165) is 38.5 Å². The van der Waals surface area contributed by atoms with Crippen LogP contribution in [0.15, 0.2) is 36.5 Å². The van der Waals surface area contributed by atoms with E-state index in [1.54, 1.807) is 6.08 Å². The van der Waals surface area contributed by atoms with Crippen LogP contribution in [0.4, 0.5) is 0 Å². The van der Waals surface area contributed by atoms with Gasteiger partial charge in [-0.3, -0.25) is 4.79 Å².